The molecule has 1 aromatic rings. The first-order valence-electron chi connectivity index (χ1n) is 7.04. The maximum absolute atomic E-state index is 12.5. The monoisotopic (exact) mass is 331 g/mol. The number of hydrogen-bond acceptors (Lipinski definition) is 3. The number of rotatable bonds is 5. The highest BCUT2D eigenvalue weighted by Gasteiger charge is 2.31. The largest absolute Gasteiger partial charge is 0.480 e. The molecule has 126 valence electrons. The number of benzene rings is 1. The highest BCUT2D eigenvalue weighted by atomic mass is 19.4. The van der Waals surface area contributed by atoms with Crippen LogP contribution in [0, 0.1) is 5.92 Å². The number of carbonyl (C=O) groups excluding carboxylic acids is 1. The number of carboxylic acids is 1. The topological polar surface area (TPSA) is 75.6 Å². The summed E-state index contributed by atoms with van der Waals surface area (Å²) in [5, 5.41) is 11.6. The van der Waals surface area contributed by atoms with Gasteiger partial charge in [-0.05, 0) is 24.1 Å². The van der Waals surface area contributed by atoms with Crippen molar-refractivity contribution in [3.05, 3.63) is 35.4 Å². The lowest BCUT2D eigenvalue weighted by molar-refractivity contribution is -0.142. The summed E-state index contributed by atoms with van der Waals surface area (Å²) in [5.41, 5.74) is -0.409. The predicted molar refractivity (Wildman–Crippen MR) is 73.6 cm³/mol. The number of alkyl halides is 3. The van der Waals surface area contributed by atoms with Gasteiger partial charge in [-0.15, -0.1) is 0 Å². The average molecular weight is 331 g/mol. The molecule has 0 aliphatic carbocycles. The maximum Gasteiger partial charge on any atom is 0.416 e. The summed E-state index contributed by atoms with van der Waals surface area (Å²) in [6.45, 7) is 0.702. The molecule has 1 heterocycles. The number of ether oxygens (including phenoxy) is 1. The van der Waals surface area contributed by atoms with Crippen LogP contribution in [0.2, 0.25) is 0 Å². The molecule has 0 radical (unpaired) electrons. The molecule has 1 aromatic carbocycles. The Morgan fingerprint density at radius 3 is 2.43 bits per heavy atom. The minimum absolute atomic E-state index is 0.0905. The van der Waals surface area contributed by atoms with E-state index in [0.717, 1.165) is 12.1 Å². The molecule has 1 saturated heterocycles. The van der Waals surface area contributed by atoms with Gasteiger partial charge in [-0.3, -0.25) is 4.79 Å². The van der Waals surface area contributed by atoms with Gasteiger partial charge in [0, 0.05) is 13.0 Å². The molecule has 0 spiro atoms. The minimum atomic E-state index is -4.44. The Morgan fingerprint density at radius 1 is 1.30 bits per heavy atom. The van der Waals surface area contributed by atoms with Gasteiger partial charge in [0.05, 0.1) is 18.1 Å². The Labute approximate surface area is 130 Å². The quantitative estimate of drug-likeness (QED) is 0.863. The van der Waals surface area contributed by atoms with Crippen LogP contribution in [0.25, 0.3) is 0 Å². The van der Waals surface area contributed by atoms with Crippen molar-refractivity contribution in [3.8, 4) is 0 Å². The van der Waals surface area contributed by atoms with E-state index >= 15 is 0 Å². The van der Waals surface area contributed by atoms with Crippen LogP contribution in [0.1, 0.15) is 17.5 Å². The molecule has 2 rings (SSSR count). The van der Waals surface area contributed by atoms with Gasteiger partial charge >= 0.3 is 12.1 Å². The van der Waals surface area contributed by atoms with Crippen molar-refractivity contribution in [1.29, 1.82) is 0 Å². The fourth-order valence-electron chi connectivity index (χ4n) is 2.30. The standard InChI is InChI=1S/C15H16F3NO4/c16-15(17,18)11-3-1-9(2-4-11)7-12(14(21)22)19-13(20)10-5-6-23-8-10/h1-4,10,12H,5-8H2,(H,19,20)(H,21,22)/t10-,12+/m0/s1. The molecule has 0 saturated carbocycles. The number of halogens is 3. The molecule has 0 aromatic heterocycles. The molecule has 0 bridgehead atoms. The third-order valence-electron chi connectivity index (χ3n) is 3.64. The second-order valence-electron chi connectivity index (χ2n) is 5.36. The molecule has 1 aliphatic heterocycles. The highest BCUT2D eigenvalue weighted by molar-refractivity contribution is 5.85. The lowest BCUT2D eigenvalue weighted by Gasteiger charge is -2.17. The predicted octanol–water partition coefficient (Wildman–Crippen LogP) is 1.85. The van der Waals surface area contributed by atoms with Crippen molar-refractivity contribution in [1.82, 2.24) is 5.32 Å². The van der Waals surface area contributed by atoms with Crippen LogP contribution in [0.15, 0.2) is 24.3 Å². The van der Waals surface area contributed by atoms with Gasteiger partial charge in [0.25, 0.3) is 0 Å². The molecular formula is C15H16F3NO4. The first-order valence-corrected chi connectivity index (χ1v) is 7.04. The van der Waals surface area contributed by atoms with Gasteiger partial charge in [0.15, 0.2) is 0 Å². The van der Waals surface area contributed by atoms with E-state index in [2.05, 4.69) is 5.32 Å². The second-order valence-corrected chi connectivity index (χ2v) is 5.36. The first-order chi connectivity index (χ1) is 10.8. The van der Waals surface area contributed by atoms with E-state index in [1.54, 1.807) is 0 Å². The number of amides is 1. The number of nitrogens with one attached hydrogen (secondary N) is 1. The Kier molecular flexibility index (Phi) is 5.25. The van der Waals surface area contributed by atoms with Crippen LogP contribution < -0.4 is 5.32 Å². The van der Waals surface area contributed by atoms with Crippen LogP contribution >= 0.6 is 0 Å². The summed E-state index contributed by atoms with van der Waals surface area (Å²) in [4.78, 5) is 23.2. The average Bonchev–Trinajstić information content (AvgIpc) is 3.00. The minimum Gasteiger partial charge on any atom is -0.480 e. The molecular weight excluding hydrogens is 315 g/mol. The Bertz CT molecular complexity index is 565. The Morgan fingerprint density at radius 2 is 1.96 bits per heavy atom. The molecule has 8 heteroatoms. The van der Waals surface area contributed by atoms with Gasteiger partial charge in [-0.25, -0.2) is 4.79 Å². The van der Waals surface area contributed by atoms with Gasteiger partial charge in [0.2, 0.25) is 5.91 Å². The van der Waals surface area contributed by atoms with Crippen LogP contribution in [-0.4, -0.2) is 36.2 Å². The van der Waals surface area contributed by atoms with Crippen LogP contribution in [0.4, 0.5) is 13.2 Å². The van der Waals surface area contributed by atoms with E-state index in [1.807, 2.05) is 0 Å². The summed E-state index contributed by atoms with van der Waals surface area (Å²) in [6, 6.07) is 3.01. The van der Waals surface area contributed by atoms with Gasteiger partial charge in [-0.2, -0.15) is 13.2 Å². The van der Waals surface area contributed by atoms with E-state index in [9.17, 15) is 27.9 Å². The number of carbonyl (C=O) groups is 2. The van der Waals surface area contributed by atoms with E-state index in [-0.39, 0.29) is 18.9 Å². The summed E-state index contributed by atoms with van der Waals surface area (Å²) >= 11 is 0. The molecule has 2 N–H and O–H groups in total. The molecule has 0 unspecified atom stereocenters. The van der Waals surface area contributed by atoms with Crippen LogP contribution in [0.5, 0.6) is 0 Å². The molecule has 1 aliphatic rings. The maximum atomic E-state index is 12.5. The van der Waals surface area contributed by atoms with Crippen molar-refractivity contribution < 1.29 is 32.6 Å². The van der Waals surface area contributed by atoms with Gasteiger partial charge in [-0.1, -0.05) is 12.1 Å². The zero-order valence-corrected chi connectivity index (χ0v) is 12.1. The SMILES string of the molecule is O=C(N[C@H](Cc1ccc(C(F)(F)F)cc1)C(=O)O)[C@H]1CCOC1. The highest BCUT2D eigenvalue weighted by Crippen LogP contribution is 2.29. The fourth-order valence-corrected chi connectivity index (χ4v) is 2.30. The fraction of sp³-hybridized carbons (Fsp3) is 0.467. The van der Waals surface area contributed by atoms with Crippen molar-refractivity contribution in [2.45, 2.75) is 25.1 Å². The zero-order valence-electron chi connectivity index (χ0n) is 12.1. The summed E-state index contributed by atoms with van der Waals surface area (Å²) in [7, 11) is 0. The Balaban J connectivity index is 2.01. The second kappa shape index (κ2) is 6.99. The number of hydrogen-bond donors (Lipinski definition) is 2. The van der Waals surface area contributed by atoms with E-state index in [0.29, 0.717) is 18.6 Å². The van der Waals surface area contributed by atoms with Crippen molar-refractivity contribution in [3.63, 3.8) is 0 Å². The summed E-state index contributed by atoms with van der Waals surface area (Å²) in [6.07, 6.45) is -4.01. The lowest BCUT2D eigenvalue weighted by atomic mass is 10.0. The molecule has 23 heavy (non-hydrogen) atoms. The normalized spacial score (nSPS) is 19.3. The van der Waals surface area contributed by atoms with Crippen molar-refractivity contribution >= 4 is 11.9 Å². The lowest BCUT2D eigenvalue weighted by Crippen LogP contribution is -2.45. The summed E-state index contributed by atoms with van der Waals surface area (Å²) in [5.74, 6) is -2.04. The third-order valence-corrected chi connectivity index (χ3v) is 3.64. The molecule has 1 fully saturated rings. The molecule has 1 amide bonds. The van der Waals surface area contributed by atoms with Gasteiger partial charge < -0.3 is 15.2 Å². The van der Waals surface area contributed by atoms with Gasteiger partial charge in [0.1, 0.15) is 6.04 Å². The molecule has 2 atom stereocenters. The zero-order chi connectivity index (χ0) is 17.0. The van der Waals surface area contributed by atoms with Crippen LogP contribution in [-0.2, 0) is 26.9 Å². The third kappa shape index (κ3) is 4.69. The Hall–Kier alpha value is -2.09. The van der Waals surface area contributed by atoms with E-state index in [4.69, 9.17) is 4.74 Å². The molecule has 5 nitrogen and oxygen atoms in total. The van der Waals surface area contributed by atoms with Crippen molar-refractivity contribution in [2.24, 2.45) is 5.92 Å². The smallest absolute Gasteiger partial charge is 0.416 e. The van der Waals surface area contributed by atoms with Crippen molar-refractivity contribution in [2.75, 3.05) is 13.2 Å². The number of carboxylic acid groups (broad SMARTS) is 1. The van der Waals surface area contributed by atoms with Crippen LogP contribution in [0.3, 0.4) is 0 Å². The van der Waals surface area contributed by atoms with E-state index in [1.165, 1.54) is 12.1 Å². The number of aliphatic carboxylic acids is 1. The summed E-state index contributed by atoms with van der Waals surface area (Å²) < 4.78 is 42.5. The van der Waals surface area contributed by atoms with E-state index < -0.39 is 29.7 Å². The first kappa shape index (κ1) is 17.3.